The van der Waals surface area contributed by atoms with Gasteiger partial charge in [0.05, 0.1) is 36.5 Å². The van der Waals surface area contributed by atoms with Gasteiger partial charge in [-0.25, -0.2) is 4.79 Å². The van der Waals surface area contributed by atoms with Crippen molar-refractivity contribution in [3.63, 3.8) is 0 Å². The lowest BCUT2D eigenvalue weighted by atomic mass is 9.93. The molecule has 7 nitrogen and oxygen atoms in total. The molecule has 4 rings (SSSR count). The number of aliphatic hydroxyl groups is 1. The zero-order valence-corrected chi connectivity index (χ0v) is 22.2. The van der Waals surface area contributed by atoms with E-state index >= 15 is 0 Å². The first kappa shape index (κ1) is 26.7. The maximum atomic E-state index is 13.5. The van der Waals surface area contributed by atoms with E-state index in [-0.39, 0.29) is 11.3 Å². The van der Waals surface area contributed by atoms with Crippen molar-refractivity contribution in [2.24, 2.45) is 0 Å². The number of carbonyl (C=O) groups excluding carboxylic acids is 3. The van der Waals surface area contributed by atoms with Crippen molar-refractivity contribution in [1.82, 2.24) is 0 Å². The maximum Gasteiger partial charge on any atom is 0.338 e. The van der Waals surface area contributed by atoms with E-state index in [0.29, 0.717) is 41.2 Å². The van der Waals surface area contributed by atoms with Crippen LogP contribution in [-0.4, -0.2) is 36.5 Å². The fourth-order valence-electron chi connectivity index (χ4n) is 4.84. The number of Topliss-reactive ketones (excluding diaryl/α,β-unsaturated/α-hetero) is 1. The lowest BCUT2D eigenvalue weighted by Gasteiger charge is -2.26. The molecule has 3 aromatic rings. The number of carbonyl (C=O) groups is 3. The van der Waals surface area contributed by atoms with E-state index in [9.17, 15) is 19.5 Å². The molecule has 1 aliphatic heterocycles. The summed E-state index contributed by atoms with van der Waals surface area (Å²) >= 11 is 0. The number of methoxy groups -OCH3 is 1. The third-order valence-corrected chi connectivity index (χ3v) is 6.50. The molecule has 1 N–H and O–H groups in total. The molecular formula is C31H31NO6. The highest BCUT2D eigenvalue weighted by Gasteiger charge is 2.47. The summed E-state index contributed by atoms with van der Waals surface area (Å²) < 4.78 is 10.8. The van der Waals surface area contributed by atoms with Crippen molar-refractivity contribution in [2.75, 3.05) is 18.6 Å². The van der Waals surface area contributed by atoms with Crippen LogP contribution in [0.3, 0.4) is 0 Å². The van der Waals surface area contributed by atoms with Crippen molar-refractivity contribution in [3.05, 3.63) is 99.6 Å². The Morgan fingerprint density at radius 2 is 1.68 bits per heavy atom. The van der Waals surface area contributed by atoms with Crippen LogP contribution in [0.2, 0.25) is 0 Å². The Kier molecular flexibility index (Phi) is 7.67. The predicted molar refractivity (Wildman–Crippen MR) is 145 cm³/mol. The van der Waals surface area contributed by atoms with Crippen molar-refractivity contribution in [1.29, 1.82) is 0 Å². The first-order valence-corrected chi connectivity index (χ1v) is 12.5. The Morgan fingerprint density at radius 1 is 0.974 bits per heavy atom. The minimum absolute atomic E-state index is 0.0321. The lowest BCUT2D eigenvalue weighted by Crippen LogP contribution is -2.29. The summed E-state index contributed by atoms with van der Waals surface area (Å²) in [4.78, 5) is 40.6. The average Bonchev–Trinajstić information content (AvgIpc) is 3.16. The SMILES string of the molecule is CCCOC(=O)c1ccc(N2C(=O)C(=O)/C(=C(/O)c3cc(C)cc(C)c3OC)C2c2cccc(C)c2)cc1. The van der Waals surface area contributed by atoms with Crippen LogP contribution in [0.1, 0.15) is 57.6 Å². The van der Waals surface area contributed by atoms with Crippen LogP contribution >= 0.6 is 0 Å². The zero-order chi connectivity index (χ0) is 27.6. The number of rotatable bonds is 7. The summed E-state index contributed by atoms with van der Waals surface area (Å²) in [5.41, 5.74) is 4.33. The second-order valence-corrected chi connectivity index (χ2v) is 9.43. The number of nitrogens with zero attached hydrogens (tertiary/aromatic N) is 1. The summed E-state index contributed by atoms with van der Waals surface area (Å²) in [6.07, 6.45) is 0.705. The number of ketones is 1. The molecule has 0 aliphatic carbocycles. The molecule has 1 fully saturated rings. The van der Waals surface area contributed by atoms with Crippen molar-refractivity contribution < 1.29 is 29.0 Å². The molecule has 1 unspecified atom stereocenters. The standard InChI is InChI=1S/C31H31NO6/c1-6-14-38-31(36)21-10-12-23(13-11-21)32-26(22-9-7-8-18(2)16-22)25(28(34)30(32)35)27(33)24-17-19(3)15-20(4)29(24)37-5/h7-13,15-17,26,33H,6,14H2,1-5H3/b27-25+. The third-order valence-electron chi connectivity index (χ3n) is 6.50. The van der Waals surface area contributed by atoms with Crippen molar-refractivity contribution >= 4 is 29.1 Å². The number of hydrogen-bond donors (Lipinski definition) is 1. The Balaban J connectivity index is 1.90. The minimum atomic E-state index is -0.890. The molecule has 0 spiro atoms. The first-order chi connectivity index (χ1) is 18.2. The van der Waals surface area contributed by atoms with Crippen molar-refractivity contribution in [3.8, 4) is 5.75 Å². The summed E-state index contributed by atoms with van der Waals surface area (Å²) in [7, 11) is 1.50. The molecule has 0 saturated carbocycles. The van der Waals surface area contributed by atoms with Gasteiger partial charge in [-0.2, -0.15) is 0 Å². The van der Waals surface area contributed by atoms with Crippen LogP contribution in [-0.2, 0) is 14.3 Å². The van der Waals surface area contributed by atoms with Gasteiger partial charge in [-0.1, -0.05) is 42.8 Å². The van der Waals surface area contributed by atoms with Gasteiger partial charge in [-0.15, -0.1) is 0 Å². The number of benzene rings is 3. The normalized spacial score (nSPS) is 16.6. The minimum Gasteiger partial charge on any atom is -0.507 e. The summed E-state index contributed by atoms with van der Waals surface area (Å²) in [6.45, 7) is 7.87. The number of amides is 1. The molecule has 7 heteroatoms. The number of anilines is 1. The molecule has 1 saturated heterocycles. The van der Waals surface area contributed by atoms with Crippen LogP contribution < -0.4 is 9.64 Å². The van der Waals surface area contributed by atoms with Gasteiger partial charge >= 0.3 is 5.97 Å². The molecule has 38 heavy (non-hydrogen) atoms. The molecule has 1 aliphatic rings. The van der Waals surface area contributed by atoms with E-state index in [1.54, 1.807) is 30.3 Å². The lowest BCUT2D eigenvalue weighted by molar-refractivity contribution is -0.132. The van der Waals surface area contributed by atoms with E-state index in [1.807, 2.05) is 58.0 Å². The first-order valence-electron chi connectivity index (χ1n) is 12.5. The Hall–Kier alpha value is -4.39. The predicted octanol–water partition coefficient (Wildman–Crippen LogP) is 5.81. The highest BCUT2D eigenvalue weighted by Crippen LogP contribution is 2.44. The molecule has 1 atom stereocenters. The molecule has 1 heterocycles. The van der Waals surface area contributed by atoms with Crippen LogP contribution in [0.4, 0.5) is 5.69 Å². The Bertz CT molecular complexity index is 1440. The van der Waals surface area contributed by atoms with E-state index in [1.165, 1.54) is 12.0 Å². The Morgan fingerprint density at radius 3 is 2.32 bits per heavy atom. The van der Waals surface area contributed by atoms with Gasteiger partial charge in [0, 0.05) is 5.69 Å². The Labute approximate surface area is 222 Å². The molecule has 1 amide bonds. The van der Waals surface area contributed by atoms with Gasteiger partial charge in [0.15, 0.2) is 0 Å². The van der Waals surface area contributed by atoms with Crippen LogP contribution in [0.15, 0.2) is 66.2 Å². The second kappa shape index (κ2) is 10.9. The van der Waals surface area contributed by atoms with Gasteiger partial charge in [-0.3, -0.25) is 14.5 Å². The van der Waals surface area contributed by atoms with E-state index < -0.39 is 23.7 Å². The van der Waals surface area contributed by atoms with Gasteiger partial charge in [-0.05, 0) is 74.2 Å². The molecule has 0 radical (unpaired) electrons. The van der Waals surface area contributed by atoms with Crippen LogP contribution in [0.25, 0.3) is 5.76 Å². The molecule has 3 aromatic carbocycles. The van der Waals surface area contributed by atoms with E-state index in [2.05, 4.69) is 0 Å². The molecule has 0 bridgehead atoms. The number of aryl methyl sites for hydroxylation is 3. The quantitative estimate of drug-likeness (QED) is 0.185. The molecule has 196 valence electrons. The van der Waals surface area contributed by atoms with Gasteiger partial charge in [0.2, 0.25) is 0 Å². The summed E-state index contributed by atoms with van der Waals surface area (Å²) in [6, 6.07) is 16.6. The summed E-state index contributed by atoms with van der Waals surface area (Å²) in [5.74, 6) is -1.92. The highest BCUT2D eigenvalue weighted by molar-refractivity contribution is 6.51. The number of hydrogen-bond acceptors (Lipinski definition) is 6. The average molecular weight is 514 g/mol. The van der Waals surface area contributed by atoms with Crippen LogP contribution in [0.5, 0.6) is 5.75 Å². The van der Waals surface area contributed by atoms with Crippen molar-refractivity contribution in [2.45, 2.75) is 40.2 Å². The molecular weight excluding hydrogens is 482 g/mol. The number of ether oxygens (including phenoxy) is 2. The van der Waals surface area contributed by atoms with E-state index in [0.717, 1.165) is 16.7 Å². The fraction of sp³-hybridized carbons (Fsp3) is 0.258. The number of esters is 1. The van der Waals surface area contributed by atoms with Gasteiger partial charge < -0.3 is 14.6 Å². The topological polar surface area (TPSA) is 93.1 Å². The maximum absolute atomic E-state index is 13.5. The van der Waals surface area contributed by atoms with Gasteiger partial charge in [0.1, 0.15) is 11.5 Å². The monoisotopic (exact) mass is 513 g/mol. The largest absolute Gasteiger partial charge is 0.507 e. The smallest absolute Gasteiger partial charge is 0.338 e. The fourth-order valence-corrected chi connectivity index (χ4v) is 4.84. The molecule has 0 aromatic heterocycles. The highest BCUT2D eigenvalue weighted by atomic mass is 16.5. The van der Waals surface area contributed by atoms with E-state index in [4.69, 9.17) is 9.47 Å². The van der Waals surface area contributed by atoms with Crippen LogP contribution in [0, 0.1) is 20.8 Å². The third kappa shape index (κ3) is 4.92. The zero-order valence-electron chi connectivity index (χ0n) is 22.2. The van der Waals surface area contributed by atoms with Gasteiger partial charge in [0.25, 0.3) is 11.7 Å². The summed E-state index contributed by atoms with van der Waals surface area (Å²) in [5, 5.41) is 11.6. The second-order valence-electron chi connectivity index (χ2n) is 9.43. The number of aliphatic hydroxyl groups excluding tert-OH is 1.